The van der Waals surface area contributed by atoms with Gasteiger partial charge in [0, 0.05) is 17.4 Å². The Kier molecular flexibility index (Phi) is 6.15. The van der Waals surface area contributed by atoms with Gasteiger partial charge in [-0.25, -0.2) is 0 Å². The van der Waals surface area contributed by atoms with E-state index in [2.05, 4.69) is 26.6 Å². The molecule has 4 nitrogen and oxygen atoms in total. The first-order valence-electron chi connectivity index (χ1n) is 5.41. The first-order chi connectivity index (χ1) is 8.52. The van der Waals surface area contributed by atoms with Crippen molar-refractivity contribution in [3.8, 4) is 0 Å². The molecule has 1 aromatic carbocycles. The third kappa shape index (κ3) is 5.06. The number of amides is 2. The quantitative estimate of drug-likeness (QED) is 0.813. The van der Waals surface area contributed by atoms with Crippen LogP contribution in [0.25, 0.3) is 0 Å². The number of rotatable bonds is 5. The monoisotopic (exact) mass is 332 g/mol. The van der Waals surface area contributed by atoms with Gasteiger partial charge < -0.3 is 10.6 Å². The third-order valence-corrected chi connectivity index (χ3v) is 3.09. The summed E-state index contributed by atoms with van der Waals surface area (Å²) in [7, 11) is 0. The summed E-state index contributed by atoms with van der Waals surface area (Å²) in [6, 6.07) is 5.66. The highest BCUT2D eigenvalue weighted by molar-refractivity contribution is 9.10. The van der Waals surface area contributed by atoms with E-state index in [1.54, 1.807) is 0 Å². The number of hydrogen-bond acceptors (Lipinski definition) is 2. The molecule has 0 radical (unpaired) electrons. The lowest BCUT2D eigenvalue weighted by atomic mass is 10.2. The van der Waals surface area contributed by atoms with Gasteiger partial charge in [-0.1, -0.05) is 6.07 Å². The van der Waals surface area contributed by atoms with Crippen molar-refractivity contribution in [1.82, 2.24) is 5.32 Å². The highest BCUT2D eigenvalue weighted by atomic mass is 79.9. The Labute approximate surface area is 119 Å². The van der Waals surface area contributed by atoms with Gasteiger partial charge in [0.2, 0.25) is 11.8 Å². The molecule has 2 N–H and O–H groups in total. The average Bonchev–Trinajstić information content (AvgIpc) is 2.32. The first kappa shape index (κ1) is 15.0. The maximum absolute atomic E-state index is 11.6. The molecule has 2 amide bonds. The van der Waals surface area contributed by atoms with Crippen LogP contribution in [0.3, 0.4) is 0 Å². The van der Waals surface area contributed by atoms with Gasteiger partial charge in [0.05, 0.1) is 5.69 Å². The van der Waals surface area contributed by atoms with Crippen molar-refractivity contribution in [1.29, 1.82) is 0 Å². The molecular weight excluding hydrogens is 320 g/mol. The SMILES string of the molecule is Cc1ccc(NC(=O)CCNC(=O)CCl)c(Br)c1. The van der Waals surface area contributed by atoms with Gasteiger partial charge in [-0.2, -0.15) is 0 Å². The number of carbonyl (C=O) groups excluding carboxylic acids is 2. The Balaban J connectivity index is 2.42. The summed E-state index contributed by atoms with van der Waals surface area (Å²) in [6.45, 7) is 2.25. The van der Waals surface area contributed by atoms with Crippen molar-refractivity contribution in [3.05, 3.63) is 28.2 Å². The summed E-state index contributed by atoms with van der Waals surface area (Å²) in [5, 5.41) is 5.29. The van der Waals surface area contributed by atoms with E-state index >= 15 is 0 Å². The van der Waals surface area contributed by atoms with Crippen LogP contribution in [0.15, 0.2) is 22.7 Å². The van der Waals surface area contributed by atoms with Crippen LogP contribution in [0.1, 0.15) is 12.0 Å². The molecule has 0 bridgehead atoms. The summed E-state index contributed by atoms with van der Waals surface area (Å²) in [5.41, 5.74) is 1.82. The molecule has 6 heteroatoms. The van der Waals surface area contributed by atoms with E-state index in [4.69, 9.17) is 11.6 Å². The van der Waals surface area contributed by atoms with Gasteiger partial charge in [0.25, 0.3) is 0 Å². The fraction of sp³-hybridized carbons (Fsp3) is 0.333. The molecule has 1 rings (SSSR count). The van der Waals surface area contributed by atoms with Gasteiger partial charge in [-0.15, -0.1) is 11.6 Å². The van der Waals surface area contributed by atoms with Crippen LogP contribution in [0.5, 0.6) is 0 Å². The number of carbonyl (C=O) groups is 2. The summed E-state index contributed by atoms with van der Waals surface area (Å²) < 4.78 is 0.834. The van der Waals surface area contributed by atoms with E-state index in [9.17, 15) is 9.59 Å². The van der Waals surface area contributed by atoms with Crippen LogP contribution in [-0.4, -0.2) is 24.2 Å². The minimum atomic E-state index is -0.277. The van der Waals surface area contributed by atoms with E-state index in [0.29, 0.717) is 5.69 Å². The number of anilines is 1. The maximum Gasteiger partial charge on any atom is 0.234 e. The molecule has 0 aromatic heterocycles. The molecule has 0 saturated carbocycles. The second kappa shape index (κ2) is 7.38. The molecule has 18 heavy (non-hydrogen) atoms. The zero-order valence-corrected chi connectivity index (χ0v) is 12.3. The number of alkyl halides is 1. The second-order valence-corrected chi connectivity index (χ2v) is 4.89. The minimum Gasteiger partial charge on any atom is -0.355 e. The Bertz CT molecular complexity index is 452. The van der Waals surface area contributed by atoms with Crippen LogP contribution in [0.4, 0.5) is 5.69 Å². The predicted octanol–water partition coefficient (Wildman–Crippen LogP) is 2.44. The largest absolute Gasteiger partial charge is 0.355 e. The summed E-state index contributed by atoms with van der Waals surface area (Å²) in [5.74, 6) is -0.527. The zero-order chi connectivity index (χ0) is 13.5. The number of nitrogens with one attached hydrogen (secondary N) is 2. The molecule has 0 aliphatic carbocycles. The number of benzene rings is 1. The van der Waals surface area contributed by atoms with E-state index in [0.717, 1.165) is 10.0 Å². The maximum atomic E-state index is 11.6. The predicted molar refractivity (Wildman–Crippen MR) is 75.9 cm³/mol. The standard InChI is InChI=1S/C12H14BrClN2O2/c1-8-2-3-10(9(13)6-8)16-11(17)4-5-15-12(18)7-14/h2-3,6H,4-5,7H2,1H3,(H,15,18)(H,16,17). The lowest BCUT2D eigenvalue weighted by molar-refractivity contribution is -0.119. The molecule has 0 heterocycles. The van der Waals surface area contributed by atoms with Gasteiger partial charge >= 0.3 is 0 Å². The van der Waals surface area contributed by atoms with Gasteiger partial charge in [-0.3, -0.25) is 9.59 Å². The van der Waals surface area contributed by atoms with Crippen molar-refractivity contribution in [2.75, 3.05) is 17.7 Å². The fourth-order valence-corrected chi connectivity index (χ4v) is 1.98. The van der Waals surface area contributed by atoms with Crippen molar-refractivity contribution in [2.24, 2.45) is 0 Å². The molecule has 98 valence electrons. The van der Waals surface area contributed by atoms with Crippen LogP contribution in [0, 0.1) is 6.92 Å². The summed E-state index contributed by atoms with van der Waals surface area (Å²) >= 11 is 8.69. The van der Waals surface area contributed by atoms with Gasteiger partial charge in [0.15, 0.2) is 0 Å². The summed E-state index contributed by atoms with van der Waals surface area (Å²) in [6.07, 6.45) is 0.211. The van der Waals surface area contributed by atoms with Crippen molar-refractivity contribution in [2.45, 2.75) is 13.3 Å². The Morgan fingerprint density at radius 2 is 2.06 bits per heavy atom. The van der Waals surface area contributed by atoms with E-state index < -0.39 is 0 Å². The molecule has 0 fully saturated rings. The van der Waals surface area contributed by atoms with Crippen molar-refractivity contribution in [3.63, 3.8) is 0 Å². The summed E-state index contributed by atoms with van der Waals surface area (Å²) in [4.78, 5) is 22.5. The molecular formula is C12H14BrClN2O2. The number of halogens is 2. The molecule has 0 aliphatic rings. The second-order valence-electron chi connectivity index (χ2n) is 3.77. The van der Waals surface area contributed by atoms with Crippen LogP contribution >= 0.6 is 27.5 Å². The minimum absolute atomic E-state index is 0.0921. The molecule has 0 spiro atoms. The highest BCUT2D eigenvalue weighted by Gasteiger charge is 2.06. The fourth-order valence-electron chi connectivity index (χ4n) is 1.30. The number of aryl methyl sites for hydroxylation is 1. The smallest absolute Gasteiger partial charge is 0.234 e. The van der Waals surface area contributed by atoms with E-state index in [1.807, 2.05) is 25.1 Å². The molecule has 0 aliphatic heterocycles. The van der Waals surface area contributed by atoms with E-state index in [1.165, 1.54) is 0 Å². The first-order valence-corrected chi connectivity index (χ1v) is 6.74. The lowest BCUT2D eigenvalue weighted by Crippen LogP contribution is -2.28. The van der Waals surface area contributed by atoms with Gasteiger partial charge in [-0.05, 0) is 40.5 Å². The van der Waals surface area contributed by atoms with Crippen LogP contribution in [-0.2, 0) is 9.59 Å². The highest BCUT2D eigenvalue weighted by Crippen LogP contribution is 2.23. The molecule has 0 saturated heterocycles. The average molecular weight is 334 g/mol. The van der Waals surface area contributed by atoms with E-state index in [-0.39, 0.29) is 30.7 Å². The van der Waals surface area contributed by atoms with Gasteiger partial charge in [0.1, 0.15) is 5.88 Å². The molecule has 1 aromatic rings. The van der Waals surface area contributed by atoms with Crippen molar-refractivity contribution < 1.29 is 9.59 Å². The Morgan fingerprint density at radius 1 is 1.33 bits per heavy atom. The van der Waals surface area contributed by atoms with Crippen LogP contribution in [0.2, 0.25) is 0 Å². The topological polar surface area (TPSA) is 58.2 Å². The molecule has 0 unspecified atom stereocenters. The van der Waals surface area contributed by atoms with Crippen molar-refractivity contribution >= 4 is 45.0 Å². The Morgan fingerprint density at radius 3 is 2.67 bits per heavy atom. The number of hydrogen-bond donors (Lipinski definition) is 2. The Hall–Kier alpha value is -1.07. The lowest BCUT2D eigenvalue weighted by Gasteiger charge is -2.08. The normalized spacial score (nSPS) is 9.94. The van der Waals surface area contributed by atoms with Crippen LogP contribution < -0.4 is 10.6 Å². The molecule has 0 atom stereocenters. The third-order valence-electron chi connectivity index (χ3n) is 2.19. The zero-order valence-electron chi connectivity index (χ0n) is 9.93.